The molecule has 0 heterocycles. The van der Waals surface area contributed by atoms with E-state index in [1.165, 1.54) is 6.21 Å². The highest BCUT2D eigenvalue weighted by Gasteiger charge is 2.24. The summed E-state index contributed by atoms with van der Waals surface area (Å²) in [4.78, 5) is 27.4. The average Bonchev–Trinajstić information content (AvgIpc) is 2.78. The number of benzene rings is 2. The number of hydrogen-bond acceptors (Lipinski definition) is 5. The average molecular weight is 459 g/mol. The van der Waals surface area contributed by atoms with Crippen molar-refractivity contribution < 1.29 is 14.3 Å². The zero-order valence-corrected chi connectivity index (χ0v) is 19.9. The molecule has 0 saturated heterocycles. The Labute approximate surface area is 194 Å². The third-order valence-electron chi connectivity index (χ3n) is 5.07. The van der Waals surface area contributed by atoms with Crippen LogP contribution in [0.25, 0.3) is 0 Å². The van der Waals surface area contributed by atoms with Crippen molar-refractivity contribution in [2.24, 2.45) is 11.0 Å². The van der Waals surface area contributed by atoms with Gasteiger partial charge in [-0.1, -0.05) is 25.4 Å². The van der Waals surface area contributed by atoms with Gasteiger partial charge in [-0.15, -0.1) is 0 Å². The first-order chi connectivity index (χ1) is 15.3. The largest absolute Gasteiger partial charge is 0.496 e. The molecular weight excluding hydrogens is 428 g/mol. The predicted octanol–water partition coefficient (Wildman–Crippen LogP) is 4.10. The van der Waals surface area contributed by atoms with Gasteiger partial charge in [0, 0.05) is 41.0 Å². The molecule has 0 aliphatic heterocycles. The van der Waals surface area contributed by atoms with Crippen molar-refractivity contribution in [3.8, 4) is 5.75 Å². The minimum atomic E-state index is -0.748. The number of halogens is 1. The topological polar surface area (TPSA) is 83.0 Å². The van der Waals surface area contributed by atoms with Crippen LogP contribution in [0.15, 0.2) is 47.6 Å². The molecule has 0 aromatic heterocycles. The first kappa shape index (κ1) is 25.2. The van der Waals surface area contributed by atoms with E-state index in [9.17, 15) is 9.59 Å². The fourth-order valence-corrected chi connectivity index (χ4v) is 3.31. The zero-order chi connectivity index (χ0) is 23.7. The van der Waals surface area contributed by atoms with E-state index in [-0.39, 0.29) is 11.8 Å². The van der Waals surface area contributed by atoms with Crippen LogP contribution in [0.5, 0.6) is 5.75 Å². The molecule has 0 radical (unpaired) electrons. The Hall–Kier alpha value is -3.06. The molecule has 0 saturated carbocycles. The Kier molecular flexibility index (Phi) is 9.53. The highest BCUT2D eigenvalue weighted by Crippen LogP contribution is 2.24. The van der Waals surface area contributed by atoms with Crippen molar-refractivity contribution >= 4 is 35.3 Å². The van der Waals surface area contributed by atoms with Crippen LogP contribution in [0.4, 0.5) is 5.69 Å². The van der Waals surface area contributed by atoms with E-state index in [0.717, 1.165) is 24.3 Å². The molecule has 8 heteroatoms. The third kappa shape index (κ3) is 6.72. The van der Waals surface area contributed by atoms with Gasteiger partial charge in [-0.05, 0) is 56.2 Å². The lowest BCUT2D eigenvalue weighted by molar-refractivity contribution is -0.123. The molecule has 2 N–H and O–H groups in total. The Morgan fingerprint density at radius 2 is 1.78 bits per heavy atom. The van der Waals surface area contributed by atoms with Gasteiger partial charge in [0.25, 0.3) is 11.8 Å². The molecule has 2 aromatic rings. The van der Waals surface area contributed by atoms with E-state index in [1.807, 2.05) is 32.0 Å². The van der Waals surface area contributed by atoms with E-state index in [1.54, 1.807) is 31.4 Å². The van der Waals surface area contributed by atoms with Crippen LogP contribution in [0, 0.1) is 5.92 Å². The molecule has 1 unspecified atom stereocenters. The van der Waals surface area contributed by atoms with Crippen LogP contribution in [-0.4, -0.2) is 44.3 Å². The molecular formula is C24H31ClN4O3. The van der Waals surface area contributed by atoms with Gasteiger partial charge in [0.1, 0.15) is 11.8 Å². The minimum absolute atomic E-state index is 0.135. The molecule has 0 aliphatic rings. The second kappa shape index (κ2) is 12.1. The predicted molar refractivity (Wildman–Crippen MR) is 130 cm³/mol. The van der Waals surface area contributed by atoms with Gasteiger partial charge in [0.2, 0.25) is 0 Å². The minimum Gasteiger partial charge on any atom is -0.496 e. The quantitative estimate of drug-likeness (QED) is 0.414. The highest BCUT2D eigenvalue weighted by molar-refractivity contribution is 6.30. The molecule has 172 valence electrons. The molecule has 0 aliphatic carbocycles. The lowest BCUT2D eigenvalue weighted by Gasteiger charge is -2.22. The number of hydrogen-bond donors (Lipinski definition) is 2. The van der Waals surface area contributed by atoms with Gasteiger partial charge in [-0.3, -0.25) is 9.59 Å². The van der Waals surface area contributed by atoms with E-state index < -0.39 is 11.9 Å². The van der Waals surface area contributed by atoms with Crippen LogP contribution < -0.4 is 20.4 Å². The number of carbonyl (C=O) groups is 2. The maximum absolute atomic E-state index is 12.7. The summed E-state index contributed by atoms with van der Waals surface area (Å²) in [5.74, 6) is -0.237. The Morgan fingerprint density at radius 3 is 2.34 bits per heavy atom. The maximum atomic E-state index is 12.7. The summed E-state index contributed by atoms with van der Waals surface area (Å²) in [7, 11) is 1.60. The van der Waals surface area contributed by atoms with E-state index in [0.29, 0.717) is 16.3 Å². The standard InChI is InChI=1S/C24H31ClN4O3/c1-6-29(7-2)20-13-10-18(21(14-20)32-5)15-26-28-24(31)22(16(3)4)27-23(30)17-8-11-19(25)12-9-17/h8-16,22H,6-7H2,1-5H3,(H,27,30)(H,28,31)/b26-15-. The number of rotatable bonds is 10. The molecule has 0 spiro atoms. The van der Waals surface area contributed by atoms with Crippen molar-refractivity contribution in [1.82, 2.24) is 10.7 Å². The SMILES string of the molecule is CCN(CC)c1ccc(/C=N\NC(=O)C(NC(=O)c2ccc(Cl)cc2)C(C)C)c(OC)c1. The molecule has 2 aromatic carbocycles. The molecule has 7 nitrogen and oxygen atoms in total. The summed E-state index contributed by atoms with van der Waals surface area (Å²) in [5.41, 5.74) is 4.73. The lowest BCUT2D eigenvalue weighted by atomic mass is 10.0. The van der Waals surface area contributed by atoms with Crippen molar-refractivity contribution in [1.29, 1.82) is 0 Å². The number of anilines is 1. The summed E-state index contributed by atoms with van der Waals surface area (Å²) < 4.78 is 5.48. The van der Waals surface area contributed by atoms with Crippen LogP contribution in [0.1, 0.15) is 43.6 Å². The summed E-state index contributed by atoms with van der Waals surface area (Å²) in [6.45, 7) is 9.68. The summed E-state index contributed by atoms with van der Waals surface area (Å²) in [5, 5.41) is 7.37. The normalized spacial score (nSPS) is 12.0. The maximum Gasteiger partial charge on any atom is 0.262 e. The number of amides is 2. The van der Waals surface area contributed by atoms with Crippen LogP contribution >= 0.6 is 11.6 Å². The fourth-order valence-electron chi connectivity index (χ4n) is 3.19. The van der Waals surface area contributed by atoms with Crippen molar-refractivity contribution in [2.75, 3.05) is 25.1 Å². The van der Waals surface area contributed by atoms with Gasteiger partial charge in [0.15, 0.2) is 0 Å². The van der Waals surface area contributed by atoms with Gasteiger partial charge in [0.05, 0.1) is 13.3 Å². The number of carbonyl (C=O) groups excluding carboxylic acids is 2. The van der Waals surface area contributed by atoms with Crippen molar-refractivity contribution in [2.45, 2.75) is 33.7 Å². The second-order valence-corrected chi connectivity index (χ2v) is 7.97. The molecule has 2 amide bonds. The molecule has 1 atom stereocenters. The number of hydrazone groups is 1. The fraction of sp³-hybridized carbons (Fsp3) is 0.375. The zero-order valence-electron chi connectivity index (χ0n) is 19.2. The number of methoxy groups -OCH3 is 1. The van der Waals surface area contributed by atoms with Gasteiger partial charge >= 0.3 is 0 Å². The molecule has 0 fully saturated rings. The first-order valence-electron chi connectivity index (χ1n) is 10.6. The van der Waals surface area contributed by atoms with E-state index in [4.69, 9.17) is 16.3 Å². The monoisotopic (exact) mass is 458 g/mol. The van der Waals surface area contributed by atoms with E-state index in [2.05, 4.69) is 34.6 Å². The molecule has 0 bridgehead atoms. The van der Waals surface area contributed by atoms with Gasteiger partial charge in [-0.25, -0.2) is 5.43 Å². The van der Waals surface area contributed by atoms with Crippen molar-refractivity contribution in [3.05, 3.63) is 58.6 Å². The second-order valence-electron chi connectivity index (χ2n) is 7.53. The van der Waals surface area contributed by atoms with Gasteiger partial charge < -0.3 is 15.0 Å². The van der Waals surface area contributed by atoms with Crippen LogP contribution in [0.2, 0.25) is 5.02 Å². The smallest absolute Gasteiger partial charge is 0.262 e. The summed E-state index contributed by atoms with van der Waals surface area (Å²) >= 11 is 5.87. The number of nitrogens with one attached hydrogen (secondary N) is 2. The molecule has 2 rings (SSSR count). The van der Waals surface area contributed by atoms with Crippen LogP contribution in [-0.2, 0) is 4.79 Å². The Bertz CT molecular complexity index is 941. The summed E-state index contributed by atoms with van der Waals surface area (Å²) in [6, 6.07) is 11.6. The highest BCUT2D eigenvalue weighted by atomic mass is 35.5. The van der Waals surface area contributed by atoms with E-state index >= 15 is 0 Å². The number of ether oxygens (including phenoxy) is 1. The third-order valence-corrected chi connectivity index (χ3v) is 5.32. The first-order valence-corrected chi connectivity index (χ1v) is 11.0. The Morgan fingerprint density at radius 1 is 1.12 bits per heavy atom. The Balaban J connectivity index is 2.07. The number of nitrogens with zero attached hydrogens (tertiary/aromatic N) is 2. The van der Waals surface area contributed by atoms with Crippen molar-refractivity contribution in [3.63, 3.8) is 0 Å². The summed E-state index contributed by atoms with van der Waals surface area (Å²) in [6.07, 6.45) is 1.53. The van der Waals surface area contributed by atoms with Crippen LogP contribution in [0.3, 0.4) is 0 Å². The van der Waals surface area contributed by atoms with Gasteiger partial charge in [-0.2, -0.15) is 5.10 Å². The lowest BCUT2D eigenvalue weighted by Crippen LogP contribution is -2.48. The molecule has 32 heavy (non-hydrogen) atoms.